The molecule has 0 aliphatic carbocycles. The summed E-state index contributed by atoms with van der Waals surface area (Å²) in [7, 11) is -3.41. The van der Waals surface area contributed by atoms with E-state index >= 15 is 0 Å². The fourth-order valence-electron chi connectivity index (χ4n) is 0.739. The lowest BCUT2D eigenvalue weighted by Gasteiger charge is -2.05. The van der Waals surface area contributed by atoms with Crippen molar-refractivity contribution in [2.75, 3.05) is 4.72 Å². The summed E-state index contributed by atoms with van der Waals surface area (Å²) in [6.45, 7) is 3.19. The molecule has 1 aromatic rings. The lowest BCUT2D eigenvalue weighted by Crippen LogP contribution is -2.08. The number of sulfonamides is 1. The van der Waals surface area contributed by atoms with Gasteiger partial charge in [0, 0.05) is 9.88 Å². The molecule has 0 fully saturated rings. The first-order valence-electron chi connectivity index (χ1n) is 3.45. The Balaban J connectivity index is 3.00. The van der Waals surface area contributed by atoms with Crippen molar-refractivity contribution in [1.82, 2.24) is 0 Å². The maximum absolute atomic E-state index is 11.1. The number of benzene rings is 1. The highest BCUT2D eigenvalue weighted by Crippen LogP contribution is 2.22. The number of nitrogens with one attached hydrogen (secondary N) is 1. The van der Waals surface area contributed by atoms with Crippen molar-refractivity contribution in [3.8, 4) is 0 Å². The number of anilines is 1. The van der Waals surface area contributed by atoms with Crippen LogP contribution in [0.25, 0.3) is 0 Å². The summed E-state index contributed by atoms with van der Waals surface area (Å²) in [5.41, 5.74) is 0.502. The Morgan fingerprint density at radius 3 is 2.54 bits per heavy atom. The van der Waals surface area contributed by atoms with Gasteiger partial charge in [-0.2, -0.15) is 0 Å². The molecule has 1 aromatic carbocycles. The van der Waals surface area contributed by atoms with Gasteiger partial charge in [0.15, 0.2) is 0 Å². The Labute approximate surface area is 85.6 Å². The summed E-state index contributed by atoms with van der Waals surface area (Å²) in [4.78, 5) is 0. The summed E-state index contributed by atoms with van der Waals surface area (Å²) in [5.74, 6) is 0. The fourth-order valence-corrected chi connectivity index (χ4v) is 1.82. The first kappa shape index (κ1) is 10.3. The van der Waals surface area contributed by atoms with Crippen LogP contribution in [0, 0.1) is 0 Å². The lowest BCUT2D eigenvalue weighted by molar-refractivity contribution is 0.609. The van der Waals surface area contributed by atoms with Crippen LogP contribution in [0.5, 0.6) is 0 Å². The van der Waals surface area contributed by atoms with E-state index in [1.807, 2.05) is 0 Å². The Bertz CT molecular complexity index is 414. The van der Waals surface area contributed by atoms with E-state index in [4.69, 9.17) is 0 Å². The maximum Gasteiger partial charge on any atom is 0.254 e. The molecule has 5 heteroatoms. The highest BCUT2D eigenvalue weighted by Gasteiger charge is 2.05. The Kier molecular flexibility index (Phi) is 3.11. The lowest BCUT2D eigenvalue weighted by atomic mass is 10.3. The highest BCUT2D eigenvalue weighted by atomic mass is 79.9. The molecule has 0 spiro atoms. The van der Waals surface area contributed by atoms with Gasteiger partial charge >= 0.3 is 0 Å². The van der Waals surface area contributed by atoms with Crippen LogP contribution in [0.15, 0.2) is 40.7 Å². The van der Waals surface area contributed by atoms with Gasteiger partial charge in [0.05, 0.1) is 5.69 Å². The molecule has 70 valence electrons. The standard InChI is InChI=1S/C8H8BrNO2S/c1-2-13(11,12)10-8-6-4-3-5-7(8)9/h2-6,10H,1H2. The van der Waals surface area contributed by atoms with Crippen molar-refractivity contribution in [3.63, 3.8) is 0 Å². The molecule has 0 unspecified atom stereocenters. The summed E-state index contributed by atoms with van der Waals surface area (Å²) < 4.78 is 25.2. The third-order valence-corrected chi connectivity index (χ3v) is 2.98. The molecule has 0 aliphatic heterocycles. The molecular weight excluding hydrogens is 254 g/mol. The molecule has 13 heavy (non-hydrogen) atoms. The smallest absolute Gasteiger partial charge is 0.254 e. The zero-order valence-corrected chi connectivity index (χ0v) is 9.10. The zero-order chi connectivity index (χ0) is 9.90. The van der Waals surface area contributed by atoms with E-state index in [9.17, 15) is 8.42 Å². The van der Waals surface area contributed by atoms with Crippen molar-refractivity contribution >= 4 is 31.6 Å². The normalized spacial score (nSPS) is 10.8. The van der Waals surface area contributed by atoms with Crippen molar-refractivity contribution in [3.05, 3.63) is 40.7 Å². The molecular formula is C8H8BrNO2S. The molecule has 0 bridgehead atoms. The van der Waals surface area contributed by atoms with E-state index in [-0.39, 0.29) is 0 Å². The second kappa shape index (κ2) is 3.93. The first-order valence-corrected chi connectivity index (χ1v) is 5.79. The van der Waals surface area contributed by atoms with Gasteiger partial charge in [-0.15, -0.1) is 0 Å². The quantitative estimate of drug-likeness (QED) is 0.908. The second-order valence-electron chi connectivity index (χ2n) is 2.29. The van der Waals surface area contributed by atoms with Crippen molar-refractivity contribution < 1.29 is 8.42 Å². The van der Waals surface area contributed by atoms with Crippen molar-refractivity contribution in [2.24, 2.45) is 0 Å². The van der Waals surface area contributed by atoms with E-state index in [2.05, 4.69) is 27.2 Å². The van der Waals surface area contributed by atoms with Crippen LogP contribution in [0.1, 0.15) is 0 Å². The van der Waals surface area contributed by atoms with Crippen LogP contribution in [-0.2, 0) is 10.0 Å². The van der Waals surface area contributed by atoms with E-state index in [0.717, 1.165) is 5.41 Å². The largest absolute Gasteiger partial charge is 0.279 e. The molecule has 3 nitrogen and oxygen atoms in total. The topological polar surface area (TPSA) is 46.2 Å². The van der Waals surface area contributed by atoms with Crippen LogP contribution < -0.4 is 4.72 Å². The van der Waals surface area contributed by atoms with Gasteiger partial charge in [-0.05, 0) is 28.1 Å². The zero-order valence-electron chi connectivity index (χ0n) is 6.70. The molecule has 0 heterocycles. The van der Waals surface area contributed by atoms with Crippen molar-refractivity contribution in [1.29, 1.82) is 0 Å². The van der Waals surface area contributed by atoms with Crippen LogP contribution in [0.4, 0.5) is 5.69 Å². The number of rotatable bonds is 3. The van der Waals surface area contributed by atoms with Crippen molar-refractivity contribution in [2.45, 2.75) is 0 Å². The van der Waals surface area contributed by atoms with Crippen LogP contribution in [0.3, 0.4) is 0 Å². The molecule has 0 atom stereocenters. The number of hydrogen-bond acceptors (Lipinski definition) is 2. The molecule has 1 rings (SSSR count). The van der Waals surface area contributed by atoms with Gasteiger partial charge in [-0.3, -0.25) is 4.72 Å². The summed E-state index contributed by atoms with van der Waals surface area (Å²) >= 11 is 3.22. The van der Waals surface area contributed by atoms with Gasteiger partial charge < -0.3 is 0 Å². The number of hydrogen-bond donors (Lipinski definition) is 1. The molecule has 0 aromatic heterocycles. The molecule has 0 saturated heterocycles. The Morgan fingerprint density at radius 2 is 2.00 bits per heavy atom. The number of halogens is 1. The van der Waals surface area contributed by atoms with E-state index in [1.54, 1.807) is 24.3 Å². The van der Waals surface area contributed by atoms with Crippen LogP contribution in [-0.4, -0.2) is 8.42 Å². The molecule has 1 N–H and O–H groups in total. The highest BCUT2D eigenvalue weighted by molar-refractivity contribution is 9.10. The van der Waals surface area contributed by atoms with E-state index in [1.165, 1.54) is 0 Å². The summed E-state index contributed by atoms with van der Waals surface area (Å²) in [5, 5.41) is 0.868. The Hall–Kier alpha value is -0.810. The molecule has 0 radical (unpaired) electrons. The molecule has 0 amide bonds. The van der Waals surface area contributed by atoms with E-state index in [0.29, 0.717) is 10.2 Å². The SMILES string of the molecule is C=CS(=O)(=O)Nc1ccccc1Br. The third kappa shape index (κ3) is 2.86. The average molecular weight is 262 g/mol. The predicted octanol–water partition coefficient (Wildman–Crippen LogP) is 2.33. The molecule has 0 aliphatic rings. The fraction of sp³-hybridized carbons (Fsp3) is 0. The monoisotopic (exact) mass is 261 g/mol. The predicted molar refractivity (Wildman–Crippen MR) is 56.9 cm³/mol. The third-order valence-electron chi connectivity index (χ3n) is 1.35. The van der Waals surface area contributed by atoms with Gasteiger partial charge in [-0.25, -0.2) is 8.42 Å². The van der Waals surface area contributed by atoms with Crippen LogP contribution in [0.2, 0.25) is 0 Å². The second-order valence-corrected chi connectivity index (χ2v) is 4.78. The minimum absolute atomic E-state index is 0.502. The minimum atomic E-state index is -3.41. The first-order chi connectivity index (χ1) is 6.05. The van der Waals surface area contributed by atoms with Gasteiger partial charge in [0.2, 0.25) is 0 Å². The minimum Gasteiger partial charge on any atom is -0.279 e. The van der Waals surface area contributed by atoms with Crippen LogP contribution >= 0.6 is 15.9 Å². The Morgan fingerprint density at radius 1 is 1.38 bits per heavy atom. The van der Waals surface area contributed by atoms with E-state index < -0.39 is 10.0 Å². The molecule has 0 saturated carbocycles. The number of para-hydroxylation sites is 1. The van der Waals surface area contributed by atoms with Gasteiger partial charge in [-0.1, -0.05) is 18.7 Å². The van der Waals surface area contributed by atoms with Gasteiger partial charge in [0.25, 0.3) is 10.0 Å². The van der Waals surface area contributed by atoms with Gasteiger partial charge in [0.1, 0.15) is 0 Å². The summed E-state index contributed by atoms with van der Waals surface area (Å²) in [6, 6.07) is 6.95. The maximum atomic E-state index is 11.1. The average Bonchev–Trinajstić information content (AvgIpc) is 2.09. The summed E-state index contributed by atoms with van der Waals surface area (Å²) in [6.07, 6.45) is 0.